The van der Waals surface area contributed by atoms with Crippen molar-refractivity contribution in [3.63, 3.8) is 0 Å². The van der Waals surface area contributed by atoms with Crippen LogP contribution in [0.1, 0.15) is 67.2 Å². The fourth-order valence-electron chi connectivity index (χ4n) is 13.1. The van der Waals surface area contributed by atoms with Crippen molar-refractivity contribution in [3.8, 4) is 55.6 Å². The molecule has 316 valence electrons. The van der Waals surface area contributed by atoms with E-state index in [1.165, 1.54) is 58.2 Å². The van der Waals surface area contributed by atoms with Crippen LogP contribution in [-0.4, -0.2) is 0 Å². The van der Waals surface area contributed by atoms with E-state index in [0.29, 0.717) is 0 Å². The highest BCUT2D eigenvalue weighted by atomic mass is 16.3. The first kappa shape index (κ1) is 37.9. The van der Waals surface area contributed by atoms with E-state index in [9.17, 15) is 0 Å². The second-order valence-corrected chi connectivity index (χ2v) is 20.0. The maximum absolute atomic E-state index is 7.12. The summed E-state index contributed by atoms with van der Waals surface area (Å²) in [4.78, 5) is 2.50. The van der Waals surface area contributed by atoms with Gasteiger partial charge in [-0.3, -0.25) is 0 Å². The molecule has 5 aliphatic rings. The van der Waals surface area contributed by atoms with Gasteiger partial charge in [0.05, 0.1) is 5.69 Å². The number of fused-ring (bicyclic) bond motifs is 6. The summed E-state index contributed by atoms with van der Waals surface area (Å²) >= 11 is 0. The van der Waals surface area contributed by atoms with Gasteiger partial charge in [-0.25, -0.2) is 0 Å². The quantitative estimate of drug-likeness (QED) is 0.159. The molecule has 66 heavy (non-hydrogen) atoms. The van der Waals surface area contributed by atoms with Crippen LogP contribution in [0, 0.1) is 11.8 Å². The first-order valence-corrected chi connectivity index (χ1v) is 23.9. The van der Waals surface area contributed by atoms with Gasteiger partial charge in [-0.2, -0.15) is 0 Å². The third-order valence-corrected chi connectivity index (χ3v) is 16.3. The Balaban J connectivity index is 0.979. The number of hydrogen-bond acceptors (Lipinski definition) is 2. The van der Waals surface area contributed by atoms with Crippen LogP contribution in [0.3, 0.4) is 0 Å². The van der Waals surface area contributed by atoms with Crippen molar-refractivity contribution in [1.82, 2.24) is 0 Å². The molecule has 5 aliphatic carbocycles. The molecule has 0 amide bonds. The maximum atomic E-state index is 7.12. The molecule has 0 saturated heterocycles. The lowest BCUT2D eigenvalue weighted by atomic mass is 9.66. The Morgan fingerprint density at radius 2 is 0.955 bits per heavy atom. The molecule has 2 nitrogen and oxygen atoms in total. The Bertz CT molecular complexity index is 3560. The van der Waals surface area contributed by atoms with Gasteiger partial charge in [-0.1, -0.05) is 184 Å². The van der Waals surface area contributed by atoms with Gasteiger partial charge in [0.25, 0.3) is 0 Å². The largest absolute Gasteiger partial charge is 0.455 e. The average Bonchev–Trinajstić information content (AvgIpc) is 4.14. The van der Waals surface area contributed by atoms with Crippen molar-refractivity contribution in [1.29, 1.82) is 0 Å². The first-order chi connectivity index (χ1) is 32.5. The molecule has 0 spiro atoms. The average molecular weight is 848 g/mol. The second-order valence-electron chi connectivity index (χ2n) is 20.0. The Kier molecular flexibility index (Phi) is 8.21. The SMILES string of the molecule is CC1(C)c2ccccc2-c2ccc(N(c3ccc(-c4ccc5c(c4)C4CC6CC4CC56)cc3)c3cc(-c4ccccc4)ccc3-c3cccc4c3oc3c(-c5ccccc5)cccc34)cc21. The van der Waals surface area contributed by atoms with Crippen molar-refractivity contribution in [2.24, 2.45) is 11.8 Å². The second kappa shape index (κ2) is 14.3. The van der Waals surface area contributed by atoms with E-state index in [0.717, 1.165) is 90.5 Å². The van der Waals surface area contributed by atoms with Crippen LogP contribution < -0.4 is 4.90 Å². The number of furan rings is 1. The molecule has 1 heterocycles. The molecule has 2 heteroatoms. The van der Waals surface area contributed by atoms with Crippen molar-refractivity contribution in [2.45, 2.75) is 50.4 Å². The lowest BCUT2D eigenvalue weighted by molar-refractivity contribution is 0.339. The Hall–Kier alpha value is -7.42. The molecular formula is C64H49NO. The predicted molar refractivity (Wildman–Crippen MR) is 274 cm³/mol. The smallest absolute Gasteiger partial charge is 0.143 e. The molecule has 2 fully saturated rings. The van der Waals surface area contributed by atoms with Crippen molar-refractivity contribution in [3.05, 3.63) is 222 Å². The van der Waals surface area contributed by atoms with Crippen LogP contribution in [0.4, 0.5) is 17.1 Å². The molecule has 4 atom stereocenters. The Labute approximate surface area is 386 Å². The van der Waals surface area contributed by atoms with Crippen LogP contribution in [-0.2, 0) is 5.41 Å². The van der Waals surface area contributed by atoms with Crippen LogP contribution >= 0.6 is 0 Å². The summed E-state index contributed by atoms with van der Waals surface area (Å²) in [5.41, 5.74) is 23.0. The molecular weight excluding hydrogens is 799 g/mol. The van der Waals surface area contributed by atoms with Gasteiger partial charge in [-0.15, -0.1) is 0 Å². The van der Waals surface area contributed by atoms with Crippen LogP contribution in [0.5, 0.6) is 0 Å². The van der Waals surface area contributed by atoms with Gasteiger partial charge in [0.1, 0.15) is 11.2 Å². The van der Waals surface area contributed by atoms with Crippen LogP contribution in [0.15, 0.2) is 205 Å². The summed E-state index contributed by atoms with van der Waals surface area (Å²) in [6.07, 6.45) is 4.23. The van der Waals surface area contributed by atoms with E-state index in [2.05, 4.69) is 219 Å². The monoisotopic (exact) mass is 847 g/mol. The molecule has 1 aromatic heterocycles. The van der Waals surface area contributed by atoms with E-state index in [1.54, 1.807) is 11.1 Å². The topological polar surface area (TPSA) is 16.4 Å². The highest BCUT2D eigenvalue weighted by Crippen LogP contribution is 2.65. The fourth-order valence-corrected chi connectivity index (χ4v) is 13.1. The van der Waals surface area contributed by atoms with Gasteiger partial charge >= 0.3 is 0 Å². The van der Waals surface area contributed by atoms with Crippen LogP contribution in [0.2, 0.25) is 0 Å². The molecule has 0 radical (unpaired) electrons. The van der Waals surface area contributed by atoms with E-state index in [4.69, 9.17) is 4.42 Å². The summed E-state index contributed by atoms with van der Waals surface area (Å²) in [6.45, 7) is 4.75. The standard InChI is InChI=1S/C64H49NO/c1-64(2)59-22-10-9-17-50(59)51-32-29-47(38-60(51)64)65(46-27-23-40(24-28-46)42-25-30-49-56-35-45-33-44(56)36-57(45)58(49)34-42)61-37-43(39-13-5-3-6-14-39)26-31-52(61)53-19-12-21-55-54-20-11-18-48(62(54)66-63(53)55)41-15-7-4-8-16-41/h3-32,34,37-38,44-45,56-57H,33,35-36H2,1-2H3. The molecule has 4 unspecified atom stereocenters. The fraction of sp³-hybridized carbons (Fsp3) is 0.156. The number of benzene rings is 9. The summed E-state index contributed by atoms with van der Waals surface area (Å²) in [6, 6.07) is 74.5. The number of para-hydroxylation sites is 2. The van der Waals surface area contributed by atoms with Gasteiger partial charge < -0.3 is 9.32 Å². The lowest BCUT2D eigenvalue weighted by Gasteiger charge is -2.38. The minimum atomic E-state index is -0.158. The van der Waals surface area contributed by atoms with E-state index < -0.39 is 0 Å². The summed E-state index contributed by atoms with van der Waals surface area (Å²) in [7, 11) is 0. The minimum absolute atomic E-state index is 0.158. The third-order valence-electron chi connectivity index (χ3n) is 16.3. The lowest BCUT2D eigenvalue weighted by Crippen LogP contribution is -2.24. The zero-order valence-corrected chi connectivity index (χ0v) is 37.3. The summed E-state index contributed by atoms with van der Waals surface area (Å²) < 4.78 is 7.12. The summed E-state index contributed by atoms with van der Waals surface area (Å²) in [5.74, 6) is 3.33. The number of hydrogen-bond donors (Lipinski definition) is 0. The molecule has 9 aromatic carbocycles. The maximum Gasteiger partial charge on any atom is 0.143 e. The predicted octanol–water partition coefficient (Wildman–Crippen LogP) is 17.6. The molecule has 0 aliphatic heterocycles. The summed E-state index contributed by atoms with van der Waals surface area (Å²) in [5, 5.41) is 2.23. The normalized spacial score (nSPS) is 19.3. The highest BCUT2D eigenvalue weighted by Gasteiger charge is 2.52. The molecule has 0 N–H and O–H groups in total. The zero-order valence-electron chi connectivity index (χ0n) is 37.3. The first-order valence-electron chi connectivity index (χ1n) is 23.9. The molecule has 2 saturated carbocycles. The minimum Gasteiger partial charge on any atom is -0.455 e. The molecule has 10 aromatic rings. The number of rotatable bonds is 7. The molecule has 4 bridgehead atoms. The zero-order chi connectivity index (χ0) is 43.7. The molecule has 15 rings (SSSR count). The van der Waals surface area contributed by atoms with E-state index in [1.807, 2.05) is 0 Å². The van der Waals surface area contributed by atoms with Crippen molar-refractivity contribution >= 4 is 39.0 Å². The van der Waals surface area contributed by atoms with E-state index in [-0.39, 0.29) is 5.41 Å². The highest BCUT2D eigenvalue weighted by molar-refractivity contribution is 6.14. The third kappa shape index (κ3) is 5.61. The Morgan fingerprint density at radius 3 is 1.71 bits per heavy atom. The Morgan fingerprint density at radius 1 is 0.394 bits per heavy atom. The van der Waals surface area contributed by atoms with Crippen molar-refractivity contribution < 1.29 is 4.42 Å². The van der Waals surface area contributed by atoms with Gasteiger partial charge in [0.15, 0.2) is 0 Å². The van der Waals surface area contributed by atoms with Gasteiger partial charge in [-0.05, 0) is 134 Å². The number of nitrogens with zero attached hydrogens (tertiary/aromatic N) is 1. The van der Waals surface area contributed by atoms with Crippen LogP contribution in [0.25, 0.3) is 77.6 Å². The van der Waals surface area contributed by atoms with E-state index >= 15 is 0 Å². The van der Waals surface area contributed by atoms with Gasteiger partial charge in [0.2, 0.25) is 0 Å². The van der Waals surface area contributed by atoms with Crippen molar-refractivity contribution in [2.75, 3.05) is 4.90 Å². The number of anilines is 3. The van der Waals surface area contributed by atoms with Gasteiger partial charge in [0, 0.05) is 44.3 Å².